The Hall–Kier alpha value is -1.96. The van der Waals surface area contributed by atoms with Crippen LogP contribution in [0.15, 0.2) is 24.3 Å². The Morgan fingerprint density at radius 3 is 2.24 bits per heavy atom. The number of nitrogens with zero attached hydrogens (tertiary/aromatic N) is 2. The van der Waals surface area contributed by atoms with Crippen molar-refractivity contribution in [3.05, 3.63) is 34.9 Å². The van der Waals surface area contributed by atoms with Crippen molar-refractivity contribution in [3.63, 3.8) is 0 Å². The molecule has 1 saturated carbocycles. The lowest BCUT2D eigenvalue weighted by Crippen LogP contribution is -2.64. The van der Waals surface area contributed by atoms with E-state index in [4.69, 9.17) is 11.6 Å². The van der Waals surface area contributed by atoms with E-state index in [0.717, 1.165) is 31.2 Å². The van der Waals surface area contributed by atoms with E-state index in [1.165, 1.54) is 0 Å². The van der Waals surface area contributed by atoms with Gasteiger partial charge in [0.15, 0.2) is 6.04 Å². The predicted octanol–water partition coefficient (Wildman–Crippen LogP) is 5.13. The van der Waals surface area contributed by atoms with E-state index in [1.807, 2.05) is 58.9 Å². The molecule has 0 radical (unpaired) electrons. The summed E-state index contributed by atoms with van der Waals surface area (Å²) in [7, 11) is 0. The molecular weight excluding hydrogens is 536 g/mol. The maximum Gasteiger partial charge on any atom is 0.319 e. The standard InChI is InChI=1S/C33H51ClN4O3/c1-8-36-29(39)28-18-25(37(31(41)32(3,4)5)24-14-16-33(6,7)17-15-24)21-38(28,9-2)30(40)27-20-35-19-26(27)22-10-12-23(34)13-11-22/h10-13,24-28,35H,8-9,14-21H2,1-7H3/p+1/t25-,26-,27+,28-,38?/m0/s1. The monoisotopic (exact) mass is 587 g/mol. The molecule has 2 N–H and O–H groups in total. The van der Waals surface area contributed by atoms with Gasteiger partial charge in [-0.25, -0.2) is 9.28 Å². The van der Waals surface area contributed by atoms with Crippen LogP contribution in [-0.4, -0.2) is 78.0 Å². The molecule has 0 bridgehead atoms. The maximum absolute atomic E-state index is 14.8. The van der Waals surface area contributed by atoms with Crippen LogP contribution in [0.1, 0.15) is 92.1 Å². The summed E-state index contributed by atoms with van der Waals surface area (Å²) in [6.45, 7) is 17.4. The number of rotatable bonds is 7. The van der Waals surface area contributed by atoms with Crippen LogP contribution in [-0.2, 0) is 14.4 Å². The summed E-state index contributed by atoms with van der Waals surface area (Å²) in [4.78, 5) is 44.8. The highest BCUT2D eigenvalue weighted by Gasteiger charge is 2.60. The number of carbonyl (C=O) groups is 3. The Morgan fingerprint density at radius 1 is 1.05 bits per heavy atom. The van der Waals surface area contributed by atoms with E-state index in [1.54, 1.807) is 0 Å². The zero-order valence-corrected chi connectivity index (χ0v) is 27.0. The van der Waals surface area contributed by atoms with Gasteiger partial charge in [0, 0.05) is 48.5 Å². The summed E-state index contributed by atoms with van der Waals surface area (Å²) in [5.41, 5.74) is 0.821. The second-order valence-corrected chi connectivity index (χ2v) is 14.9. The largest absolute Gasteiger partial charge is 0.351 e. The summed E-state index contributed by atoms with van der Waals surface area (Å²) < 4.78 is 0.0963. The minimum Gasteiger partial charge on any atom is -0.351 e. The molecule has 1 unspecified atom stereocenters. The number of nitrogens with one attached hydrogen (secondary N) is 2. The molecule has 41 heavy (non-hydrogen) atoms. The van der Waals surface area contributed by atoms with Crippen LogP contribution >= 0.6 is 11.6 Å². The van der Waals surface area contributed by atoms with Crippen molar-refractivity contribution in [2.24, 2.45) is 16.7 Å². The molecule has 228 valence electrons. The normalized spacial score (nSPS) is 30.2. The lowest BCUT2D eigenvalue weighted by Gasteiger charge is -2.45. The van der Waals surface area contributed by atoms with Crippen LogP contribution in [0.5, 0.6) is 0 Å². The van der Waals surface area contributed by atoms with Crippen molar-refractivity contribution in [2.45, 2.75) is 105 Å². The predicted molar refractivity (Wildman–Crippen MR) is 164 cm³/mol. The highest BCUT2D eigenvalue weighted by atomic mass is 35.5. The summed E-state index contributed by atoms with van der Waals surface area (Å²) in [6.07, 6.45) is 4.58. The van der Waals surface area contributed by atoms with Gasteiger partial charge < -0.3 is 15.5 Å². The van der Waals surface area contributed by atoms with E-state index in [9.17, 15) is 14.4 Å². The SMILES string of the molecule is CCNC(=O)[C@@H]1C[C@H](N(C(=O)C(C)(C)C)C2CCC(C)(C)CC2)C[N+]1(CC)C(=O)[C@@H]1CNC[C@H]1c1ccc(Cl)cc1. The Balaban J connectivity index is 1.71. The zero-order valence-electron chi connectivity index (χ0n) is 26.3. The minimum absolute atomic E-state index is 0.0168. The summed E-state index contributed by atoms with van der Waals surface area (Å²) in [5, 5.41) is 7.17. The number of amides is 3. The zero-order chi connectivity index (χ0) is 30.2. The van der Waals surface area contributed by atoms with Gasteiger partial charge in [0.2, 0.25) is 5.91 Å². The Kier molecular flexibility index (Phi) is 9.62. The summed E-state index contributed by atoms with van der Waals surface area (Å²) in [6, 6.07) is 7.25. The Bertz CT molecular complexity index is 1100. The molecule has 4 rings (SSSR count). The number of likely N-dealkylation sites (tertiary alicyclic amines) is 1. The molecule has 2 heterocycles. The number of likely N-dealkylation sites (N-methyl/N-ethyl adjacent to an activating group) is 2. The average Bonchev–Trinajstić information content (AvgIpc) is 3.55. The van der Waals surface area contributed by atoms with Gasteiger partial charge in [-0.05, 0) is 62.6 Å². The van der Waals surface area contributed by atoms with Crippen LogP contribution < -0.4 is 10.6 Å². The fourth-order valence-electron chi connectivity index (χ4n) is 7.62. The molecular formula is C33H52ClN4O3+. The fraction of sp³-hybridized carbons (Fsp3) is 0.727. The second-order valence-electron chi connectivity index (χ2n) is 14.5. The van der Waals surface area contributed by atoms with Gasteiger partial charge in [-0.15, -0.1) is 0 Å². The molecule has 1 aromatic carbocycles. The third kappa shape index (κ3) is 6.52. The van der Waals surface area contributed by atoms with E-state index in [-0.39, 0.29) is 51.5 Å². The Labute approximate surface area is 252 Å². The Morgan fingerprint density at radius 2 is 1.68 bits per heavy atom. The smallest absolute Gasteiger partial charge is 0.319 e. The molecule has 3 fully saturated rings. The van der Waals surface area contributed by atoms with Crippen molar-refractivity contribution in [2.75, 3.05) is 32.7 Å². The third-order valence-corrected chi connectivity index (χ3v) is 10.3. The maximum atomic E-state index is 14.8. The summed E-state index contributed by atoms with van der Waals surface area (Å²) >= 11 is 6.17. The van der Waals surface area contributed by atoms with Crippen molar-refractivity contribution in [1.82, 2.24) is 15.5 Å². The first-order chi connectivity index (χ1) is 19.2. The van der Waals surface area contributed by atoms with Crippen LogP contribution in [0.3, 0.4) is 0 Å². The lowest BCUT2D eigenvalue weighted by molar-refractivity contribution is -0.858. The quantitative estimate of drug-likeness (QED) is 0.434. The molecule has 2 aliphatic heterocycles. The molecule has 8 heteroatoms. The fourth-order valence-corrected chi connectivity index (χ4v) is 7.75. The lowest BCUT2D eigenvalue weighted by atomic mass is 9.74. The van der Waals surface area contributed by atoms with Crippen LogP contribution in [0.4, 0.5) is 0 Å². The number of hydrogen-bond acceptors (Lipinski definition) is 4. The van der Waals surface area contributed by atoms with Gasteiger partial charge in [0.25, 0.3) is 5.91 Å². The van der Waals surface area contributed by atoms with Gasteiger partial charge >= 0.3 is 5.91 Å². The molecule has 1 aliphatic carbocycles. The first kappa shape index (κ1) is 32.0. The molecule has 0 spiro atoms. The second kappa shape index (κ2) is 12.3. The van der Waals surface area contributed by atoms with Crippen molar-refractivity contribution in [3.8, 4) is 0 Å². The number of quaternary nitrogens is 1. The van der Waals surface area contributed by atoms with Crippen molar-refractivity contribution >= 4 is 29.3 Å². The molecule has 3 amide bonds. The topological polar surface area (TPSA) is 78.5 Å². The van der Waals surface area contributed by atoms with Crippen molar-refractivity contribution in [1.29, 1.82) is 0 Å². The number of benzene rings is 1. The molecule has 1 aromatic rings. The average molecular weight is 588 g/mol. The van der Waals surface area contributed by atoms with Gasteiger partial charge in [-0.2, -0.15) is 0 Å². The van der Waals surface area contributed by atoms with Crippen LogP contribution in [0.2, 0.25) is 5.02 Å². The van der Waals surface area contributed by atoms with Gasteiger partial charge in [0.1, 0.15) is 6.54 Å². The molecule has 0 aromatic heterocycles. The van der Waals surface area contributed by atoms with Crippen LogP contribution in [0, 0.1) is 16.7 Å². The summed E-state index contributed by atoms with van der Waals surface area (Å²) in [5.74, 6) is -0.0690. The van der Waals surface area contributed by atoms with E-state index in [0.29, 0.717) is 44.2 Å². The molecule has 2 saturated heterocycles. The minimum atomic E-state index is -0.544. The van der Waals surface area contributed by atoms with E-state index in [2.05, 4.69) is 29.4 Å². The van der Waals surface area contributed by atoms with Gasteiger partial charge in [0.05, 0.1) is 18.5 Å². The molecule has 3 aliphatic rings. The number of hydrogen-bond donors (Lipinski definition) is 2. The number of halogens is 1. The van der Waals surface area contributed by atoms with Gasteiger partial charge in [-0.1, -0.05) is 58.4 Å². The highest BCUT2D eigenvalue weighted by Crippen LogP contribution is 2.43. The van der Waals surface area contributed by atoms with E-state index < -0.39 is 11.5 Å². The van der Waals surface area contributed by atoms with Crippen LogP contribution in [0.25, 0.3) is 0 Å². The first-order valence-electron chi connectivity index (χ1n) is 15.7. The number of carbonyl (C=O) groups excluding carboxylic acids is 3. The highest BCUT2D eigenvalue weighted by molar-refractivity contribution is 6.30. The molecule has 7 nitrogen and oxygen atoms in total. The third-order valence-electron chi connectivity index (χ3n) is 10.1. The van der Waals surface area contributed by atoms with Gasteiger partial charge in [-0.3, -0.25) is 9.59 Å². The first-order valence-corrected chi connectivity index (χ1v) is 16.1. The molecule has 5 atom stereocenters. The van der Waals surface area contributed by atoms with E-state index >= 15 is 0 Å². The van der Waals surface area contributed by atoms with Crippen molar-refractivity contribution < 1.29 is 18.9 Å².